The Kier molecular flexibility index (Phi) is 4.63. The molecule has 0 unspecified atom stereocenters. The number of halogens is 1. The molecule has 1 aliphatic rings. The van der Waals surface area contributed by atoms with Gasteiger partial charge in [-0.1, -0.05) is 19.9 Å². The lowest BCUT2D eigenvalue weighted by atomic mass is 9.75. The minimum atomic E-state index is -3.82. The summed E-state index contributed by atoms with van der Waals surface area (Å²) in [6.07, 6.45) is 4.06. The number of hydrogen-bond acceptors (Lipinski definition) is 3. The molecular formula is C15H20ClNO3S. The summed E-state index contributed by atoms with van der Waals surface area (Å²) in [7, 11) is 1.48. The second-order valence-corrected chi connectivity index (χ2v) is 8.94. The molecule has 1 fully saturated rings. The average Bonchev–Trinajstić information content (AvgIpc) is 2.40. The maximum atomic E-state index is 12.2. The first-order chi connectivity index (χ1) is 9.67. The molecule has 21 heavy (non-hydrogen) atoms. The Morgan fingerprint density at radius 1 is 1.29 bits per heavy atom. The molecule has 1 N–H and O–H groups in total. The SMILES string of the molecule is CC1(C)CCC(NC(=O)c2cccc(S(=O)(=O)Cl)c2)CC1. The van der Waals surface area contributed by atoms with Crippen molar-refractivity contribution in [3.63, 3.8) is 0 Å². The first kappa shape index (κ1) is 16.3. The largest absolute Gasteiger partial charge is 0.349 e. The van der Waals surface area contributed by atoms with Crippen LogP contribution in [-0.4, -0.2) is 20.4 Å². The first-order valence-electron chi connectivity index (χ1n) is 7.03. The van der Waals surface area contributed by atoms with Crippen molar-refractivity contribution in [2.24, 2.45) is 5.41 Å². The van der Waals surface area contributed by atoms with Crippen LogP contribution in [0.3, 0.4) is 0 Å². The van der Waals surface area contributed by atoms with E-state index < -0.39 is 9.05 Å². The molecule has 0 heterocycles. The highest BCUT2D eigenvalue weighted by atomic mass is 35.7. The lowest BCUT2D eigenvalue weighted by molar-refractivity contribution is 0.0909. The first-order valence-corrected chi connectivity index (χ1v) is 9.34. The molecule has 6 heteroatoms. The van der Waals surface area contributed by atoms with Crippen LogP contribution >= 0.6 is 10.7 Å². The van der Waals surface area contributed by atoms with E-state index in [1.54, 1.807) is 6.07 Å². The number of nitrogens with one attached hydrogen (secondary N) is 1. The Hall–Kier alpha value is -1.07. The van der Waals surface area contributed by atoms with E-state index in [4.69, 9.17) is 10.7 Å². The average molecular weight is 330 g/mol. The van der Waals surface area contributed by atoms with Crippen LogP contribution in [0.25, 0.3) is 0 Å². The smallest absolute Gasteiger partial charge is 0.261 e. The van der Waals surface area contributed by atoms with Crippen molar-refractivity contribution in [1.82, 2.24) is 5.32 Å². The van der Waals surface area contributed by atoms with Gasteiger partial charge in [-0.15, -0.1) is 0 Å². The van der Waals surface area contributed by atoms with Crippen LogP contribution in [-0.2, 0) is 9.05 Å². The molecule has 0 atom stereocenters. The van der Waals surface area contributed by atoms with Crippen molar-refractivity contribution < 1.29 is 13.2 Å². The number of amides is 1. The van der Waals surface area contributed by atoms with Gasteiger partial charge in [0, 0.05) is 22.3 Å². The van der Waals surface area contributed by atoms with E-state index in [0.717, 1.165) is 25.7 Å². The Bertz CT molecular complexity index is 630. The lowest BCUT2D eigenvalue weighted by Crippen LogP contribution is -2.39. The number of carbonyl (C=O) groups is 1. The Balaban J connectivity index is 2.05. The number of hydrogen-bond donors (Lipinski definition) is 1. The van der Waals surface area contributed by atoms with Gasteiger partial charge < -0.3 is 5.32 Å². The molecule has 0 spiro atoms. The molecule has 1 aromatic carbocycles. The van der Waals surface area contributed by atoms with Gasteiger partial charge in [0.2, 0.25) is 0 Å². The van der Waals surface area contributed by atoms with E-state index in [-0.39, 0.29) is 16.8 Å². The van der Waals surface area contributed by atoms with E-state index >= 15 is 0 Å². The monoisotopic (exact) mass is 329 g/mol. The van der Waals surface area contributed by atoms with Crippen molar-refractivity contribution in [3.8, 4) is 0 Å². The number of benzene rings is 1. The summed E-state index contributed by atoms with van der Waals surface area (Å²) in [6, 6.07) is 5.95. The molecular weight excluding hydrogens is 310 g/mol. The fourth-order valence-electron chi connectivity index (χ4n) is 2.60. The second-order valence-electron chi connectivity index (χ2n) is 6.38. The normalized spacial score (nSPS) is 19.2. The van der Waals surface area contributed by atoms with Gasteiger partial charge in [-0.2, -0.15) is 0 Å². The van der Waals surface area contributed by atoms with Gasteiger partial charge in [0.05, 0.1) is 4.90 Å². The summed E-state index contributed by atoms with van der Waals surface area (Å²) >= 11 is 0. The fraction of sp³-hybridized carbons (Fsp3) is 0.533. The zero-order valence-electron chi connectivity index (χ0n) is 12.2. The Morgan fingerprint density at radius 3 is 2.48 bits per heavy atom. The van der Waals surface area contributed by atoms with Crippen LogP contribution in [0.4, 0.5) is 0 Å². The topological polar surface area (TPSA) is 63.2 Å². The third kappa shape index (κ3) is 4.45. The molecule has 1 amide bonds. The molecule has 116 valence electrons. The van der Waals surface area contributed by atoms with Gasteiger partial charge in [0.25, 0.3) is 15.0 Å². The van der Waals surface area contributed by atoms with Crippen LogP contribution in [0.15, 0.2) is 29.2 Å². The Morgan fingerprint density at radius 2 is 1.90 bits per heavy atom. The van der Waals surface area contributed by atoms with Crippen LogP contribution < -0.4 is 5.32 Å². The molecule has 0 aliphatic heterocycles. The third-order valence-electron chi connectivity index (χ3n) is 4.05. The summed E-state index contributed by atoms with van der Waals surface area (Å²) in [6.45, 7) is 4.47. The predicted molar refractivity (Wildman–Crippen MR) is 83.0 cm³/mol. The highest BCUT2D eigenvalue weighted by molar-refractivity contribution is 8.13. The fourth-order valence-corrected chi connectivity index (χ4v) is 3.40. The number of carbonyl (C=O) groups excluding carboxylic acids is 1. The zero-order chi connectivity index (χ0) is 15.7. The minimum absolute atomic E-state index is 0.0541. The maximum absolute atomic E-state index is 12.2. The van der Waals surface area contributed by atoms with Gasteiger partial charge in [-0.25, -0.2) is 8.42 Å². The van der Waals surface area contributed by atoms with E-state index in [2.05, 4.69) is 19.2 Å². The van der Waals surface area contributed by atoms with Crippen molar-refractivity contribution in [3.05, 3.63) is 29.8 Å². The van der Waals surface area contributed by atoms with Gasteiger partial charge >= 0.3 is 0 Å². The molecule has 1 saturated carbocycles. The van der Waals surface area contributed by atoms with Gasteiger partial charge in [-0.05, 0) is 49.3 Å². The molecule has 0 saturated heterocycles. The molecule has 0 aromatic heterocycles. The molecule has 2 rings (SSSR count). The molecule has 1 aliphatic carbocycles. The Labute approximate surface area is 130 Å². The molecule has 0 radical (unpaired) electrons. The predicted octanol–water partition coefficient (Wildman–Crippen LogP) is 3.31. The van der Waals surface area contributed by atoms with Crippen LogP contribution in [0.2, 0.25) is 0 Å². The quantitative estimate of drug-likeness (QED) is 0.865. The lowest BCUT2D eigenvalue weighted by Gasteiger charge is -2.34. The van der Waals surface area contributed by atoms with Crippen LogP contribution in [0.1, 0.15) is 49.9 Å². The second kappa shape index (κ2) is 5.97. The highest BCUT2D eigenvalue weighted by Crippen LogP contribution is 2.35. The summed E-state index contributed by atoms with van der Waals surface area (Å²) < 4.78 is 22.6. The van der Waals surface area contributed by atoms with Gasteiger partial charge in [-0.3, -0.25) is 4.79 Å². The summed E-state index contributed by atoms with van der Waals surface area (Å²) in [5.74, 6) is -0.248. The third-order valence-corrected chi connectivity index (χ3v) is 5.40. The molecule has 4 nitrogen and oxygen atoms in total. The maximum Gasteiger partial charge on any atom is 0.261 e. The van der Waals surface area contributed by atoms with E-state index in [9.17, 15) is 13.2 Å². The molecule has 0 bridgehead atoms. The zero-order valence-corrected chi connectivity index (χ0v) is 13.8. The van der Waals surface area contributed by atoms with E-state index in [0.29, 0.717) is 11.0 Å². The van der Waals surface area contributed by atoms with Crippen molar-refractivity contribution >= 4 is 25.6 Å². The van der Waals surface area contributed by atoms with Gasteiger partial charge in [0.1, 0.15) is 0 Å². The van der Waals surface area contributed by atoms with E-state index in [1.165, 1.54) is 18.2 Å². The highest BCUT2D eigenvalue weighted by Gasteiger charge is 2.27. The summed E-state index contributed by atoms with van der Waals surface area (Å²) in [5.41, 5.74) is 0.662. The van der Waals surface area contributed by atoms with Crippen molar-refractivity contribution in [2.45, 2.75) is 50.5 Å². The van der Waals surface area contributed by atoms with Crippen LogP contribution in [0.5, 0.6) is 0 Å². The van der Waals surface area contributed by atoms with E-state index in [1.807, 2.05) is 0 Å². The molecule has 1 aromatic rings. The van der Waals surface area contributed by atoms with Crippen LogP contribution in [0, 0.1) is 5.41 Å². The van der Waals surface area contributed by atoms with Gasteiger partial charge in [0.15, 0.2) is 0 Å². The van der Waals surface area contributed by atoms with Crippen molar-refractivity contribution in [2.75, 3.05) is 0 Å². The van der Waals surface area contributed by atoms with Crippen molar-refractivity contribution in [1.29, 1.82) is 0 Å². The number of rotatable bonds is 3. The minimum Gasteiger partial charge on any atom is -0.349 e. The summed E-state index contributed by atoms with van der Waals surface area (Å²) in [4.78, 5) is 12.2. The standard InChI is InChI=1S/C15H20ClNO3S/c1-15(2)8-6-12(7-9-15)17-14(18)11-4-3-5-13(10-11)21(16,19)20/h3-5,10,12H,6-9H2,1-2H3,(H,17,18). The summed E-state index contributed by atoms with van der Waals surface area (Å²) in [5, 5.41) is 2.97.